The standard InChI is InChI=1S/C14H26N2O4/c1-13(2,3)20-12(17)16-6-8-18-11-14(10-16)9-15-5-4-7-19-14/h15H,4-11H2,1-3H3. The Labute approximate surface area is 120 Å². The highest BCUT2D eigenvalue weighted by Gasteiger charge is 2.39. The van der Waals surface area contributed by atoms with Crippen LogP contribution >= 0.6 is 0 Å². The fourth-order valence-corrected chi connectivity index (χ4v) is 2.44. The van der Waals surface area contributed by atoms with Crippen LogP contribution in [0.2, 0.25) is 0 Å². The number of carbonyl (C=O) groups is 1. The number of carbonyl (C=O) groups excluding carboxylic acids is 1. The predicted molar refractivity (Wildman–Crippen MR) is 74.8 cm³/mol. The average molecular weight is 286 g/mol. The van der Waals surface area contributed by atoms with E-state index in [0.717, 1.165) is 13.0 Å². The van der Waals surface area contributed by atoms with E-state index in [2.05, 4.69) is 5.32 Å². The Bertz CT molecular complexity index is 327. The smallest absolute Gasteiger partial charge is 0.410 e. The van der Waals surface area contributed by atoms with Gasteiger partial charge in [0.25, 0.3) is 0 Å². The highest BCUT2D eigenvalue weighted by atomic mass is 16.6. The van der Waals surface area contributed by atoms with Gasteiger partial charge >= 0.3 is 6.09 Å². The van der Waals surface area contributed by atoms with E-state index >= 15 is 0 Å². The third-order valence-corrected chi connectivity index (χ3v) is 3.35. The monoisotopic (exact) mass is 286 g/mol. The molecule has 6 heteroatoms. The molecule has 20 heavy (non-hydrogen) atoms. The quantitative estimate of drug-likeness (QED) is 0.720. The van der Waals surface area contributed by atoms with E-state index in [1.54, 1.807) is 4.90 Å². The molecule has 2 saturated heterocycles. The van der Waals surface area contributed by atoms with E-state index in [-0.39, 0.29) is 6.09 Å². The van der Waals surface area contributed by atoms with Gasteiger partial charge in [-0.3, -0.25) is 0 Å². The summed E-state index contributed by atoms with van der Waals surface area (Å²) in [6.07, 6.45) is 0.684. The van der Waals surface area contributed by atoms with Crippen molar-refractivity contribution in [2.45, 2.75) is 38.4 Å². The molecule has 1 unspecified atom stereocenters. The average Bonchev–Trinajstić information content (AvgIpc) is 2.68. The predicted octanol–water partition coefficient (Wildman–Crippen LogP) is 1.00. The van der Waals surface area contributed by atoms with Gasteiger partial charge in [-0.05, 0) is 33.7 Å². The van der Waals surface area contributed by atoms with Crippen LogP contribution in [0.15, 0.2) is 0 Å². The second-order valence-corrected chi connectivity index (χ2v) is 6.52. The minimum Gasteiger partial charge on any atom is -0.444 e. The number of amides is 1. The van der Waals surface area contributed by atoms with Gasteiger partial charge in [0.05, 0.1) is 19.8 Å². The lowest BCUT2D eigenvalue weighted by Gasteiger charge is -2.34. The summed E-state index contributed by atoms with van der Waals surface area (Å²) in [7, 11) is 0. The summed E-state index contributed by atoms with van der Waals surface area (Å²) in [5, 5.41) is 3.36. The van der Waals surface area contributed by atoms with E-state index in [1.165, 1.54) is 0 Å². The molecule has 2 aliphatic heterocycles. The zero-order valence-electron chi connectivity index (χ0n) is 12.7. The van der Waals surface area contributed by atoms with Crippen LogP contribution in [0.4, 0.5) is 4.79 Å². The molecule has 0 bridgehead atoms. The third-order valence-electron chi connectivity index (χ3n) is 3.35. The molecule has 1 spiro atoms. The molecule has 1 atom stereocenters. The fourth-order valence-electron chi connectivity index (χ4n) is 2.44. The van der Waals surface area contributed by atoms with Gasteiger partial charge in [-0.15, -0.1) is 0 Å². The van der Waals surface area contributed by atoms with E-state index in [9.17, 15) is 4.79 Å². The summed E-state index contributed by atoms with van der Waals surface area (Å²) in [5.41, 5.74) is -0.941. The van der Waals surface area contributed by atoms with Crippen molar-refractivity contribution < 1.29 is 19.0 Å². The van der Waals surface area contributed by atoms with Crippen LogP contribution < -0.4 is 5.32 Å². The molecule has 2 rings (SSSR count). The van der Waals surface area contributed by atoms with Crippen molar-refractivity contribution in [1.29, 1.82) is 0 Å². The molecule has 6 nitrogen and oxygen atoms in total. The van der Waals surface area contributed by atoms with Gasteiger partial charge in [-0.1, -0.05) is 0 Å². The number of nitrogens with one attached hydrogen (secondary N) is 1. The number of ether oxygens (including phenoxy) is 3. The van der Waals surface area contributed by atoms with Gasteiger partial charge in [0, 0.05) is 19.7 Å². The summed E-state index contributed by atoms with van der Waals surface area (Å²) >= 11 is 0. The van der Waals surface area contributed by atoms with Crippen molar-refractivity contribution in [3.8, 4) is 0 Å². The molecule has 0 aromatic rings. The Balaban J connectivity index is 2.04. The van der Waals surface area contributed by atoms with Crippen molar-refractivity contribution in [3.63, 3.8) is 0 Å². The molecule has 2 fully saturated rings. The zero-order chi connectivity index (χ0) is 14.6. The normalized spacial score (nSPS) is 28.9. The minimum absolute atomic E-state index is 0.296. The van der Waals surface area contributed by atoms with E-state index < -0.39 is 11.2 Å². The molecule has 0 aliphatic carbocycles. The molecule has 116 valence electrons. The van der Waals surface area contributed by atoms with Crippen LogP contribution in [0.5, 0.6) is 0 Å². The lowest BCUT2D eigenvalue weighted by Crippen LogP contribution is -2.53. The molecule has 0 aromatic carbocycles. The Hall–Kier alpha value is -0.850. The summed E-state index contributed by atoms with van der Waals surface area (Å²) in [4.78, 5) is 14.0. The van der Waals surface area contributed by atoms with Crippen LogP contribution in [0.25, 0.3) is 0 Å². The molecular weight excluding hydrogens is 260 g/mol. The topological polar surface area (TPSA) is 60.0 Å². The van der Waals surface area contributed by atoms with Gasteiger partial charge in [-0.25, -0.2) is 4.79 Å². The lowest BCUT2D eigenvalue weighted by molar-refractivity contribution is -0.0833. The minimum atomic E-state index is -0.486. The second-order valence-electron chi connectivity index (χ2n) is 6.52. The largest absolute Gasteiger partial charge is 0.444 e. The summed E-state index contributed by atoms with van der Waals surface area (Å²) in [6.45, 7) is 10.0. The first-order chi connectivity index (χ1) is 9.40. The third kappa shape index (κ3) is 4.33. The van der Waals surface area contributed by atoms with Gasteiger partial charge in [0.1, 0.15) is 11.2 Å². The van der Waals surface area contributed by atoms with Gasteiger partial charge in [0.15, 0.2) is 0 Å². The fraction of sp³-hybridized carbons (Fsp3) is 0.929. The Morgan fingerprint density at radius 3 is 2.90 bits per heavy atom. The van der Waals surface area contributed by atoms with Crippen LogP contribution in [0, 0.1) is 0 Å². The molecule has 1 amide bonds. The van der Waals surface area contributed by atoms with E-state index in [4.69, 9.17) is 14.2 Å². The van der Waals surface area contributed by atoms with Crippen molar-refractivity contribution in [3.05, 3.63) is 0 Å². The SMILES string of the molecule is CC(C)(C)OC(=O)N1CCOCC2(CNCCCO2)C1. The lowest BCUT2D eigenvalue weighted by atomic mass is 10.1. The molecule has 0 radical (unpaired) electrons. The summed E-state index contributed by atoms with van der Waals surface area (Å²) in [6, 6.07) is 0. The highest BCUT2D eigenvalue weighted by Crippen LogP contribution is 2.20. The van der Waals surface area contributed by atoms with Crippen molar-refractivity contribution in [2.75, 3.05) is 46.0 Å². The molecular formula is C14H26N2O4. The molecule has 0 aromatic heterocycles. The number of hydrogen-bond acceptors (Lipinski definition) is 5. The van der Waals surface area contributed by atoms with Gasteiger partial charge in [-0.2, -0.15) is 0 Å². The van der Waals surface area contributed by atoms with Crippen LogP contribution in [0.1, 0.15) is 27.2 Å². The van der Waals surface area contributed by atoms with Gasteiger partial charge < -0.3 is 24.4 Å². The maximum Gasteiger partial charge on any atom is 0.410 e. The molecule has 2 aliphatic rings. The van der Waals surface area contributed by atoms with Crippen LogP contribution in [-0.2, 0) is 14.2 Å². The number of nitrogens with zero attached hydrogens (tertiary/aromatic N) is 1. The Morgan fingerprint density at radius 1 is 1.35 bits per heavy atom. The Morgan fingerprint density at radius 2 is 2.15 bits per heavy atom. The van der Waals surface area contributed by atoms with E-state index in [1.807, 2.05) is 20.8 Å². The maximum absolute atomic E-state index is 12.3. The molecule has 2 heterocycles. The molecule has 1 N–H and O–H groups in total. The van der Waals surface area contributed by atoms with Crippen molar-refractivity contribution >= 4 is 6.09 Å². The second kappa shape index (κ2) is 6.28. The first-order valence-corrected chi connectivity index (χ1v) is 7.31. The first-order valence-electron chi connectivity index (χ1n) is 7.31. The van der Waals surface area contributed by atoms with E-state index in [0.29, 0.717) is 39.5 Å². The van der Waals surface area contributed by atoms with Crippen molar-refractivity contribution in [2.24, 2.45) is 0 Å². The first kappa shape index (κ1) is 15.5. The van der Waals surface area contributed by atoms with Gasteiger partial charge in [0.2, 0.25) is 0 Å². The van der Waals surface area contributed by atoms with Crippen LogP contribution in [0.3, 0.4) is 0 Å². The summed E-state index contributed by atoms with van der Waals surface area (Å²) < 4.78 is 17.1. The number of rotatable bonds is 0. The zero-order valence-corrected chi connectivity index (χ0v) is 12.7. The summed E-state index contributed by atoms with van der Waals surface area (Å²) in [5.74, 6) is 0. The molecule has 0 saturated carbocycles. The number of hydrogen-bond donors (Lipinski definition) is 1. The Kier molecular flexibility index (Phi) is 4.88. The van der Waals surface area contributed by atoms with Crippen LogP contribution in [-0.4, -0.2) is 68.2 Å². The van der Waals surface area contributed by atoms with Crippen molar-refractivity contribution in [1.82, 2.24) is 10.2 Å². The highest BCUT2D eigenvalue weighted by molar-refractivity contribution is 5.68. The maximum atomic E-state index is 12.3.